The number of carbonyl (C=O) groups excluding carboxylic acids is 1. The highest BCUT2D eigenvalue weighted by Gasteiger charge is 2.09. The topological polar surface area (TPSA) is 81.2 Å². The number of ether oxygens (including phenoxy) is 1. The first-order chi connectivity index (χ1) is 7.11. The molecular weight excluding hydrogens is 200 g/mol. The summed E-state index contributed by atoms with van der Waals surface area (Å²) in [6, 6.07) is 0. The molecule has 0 bridgehead atoms. The van der Waals surface area contributed by atoms with Gasteiger partial charge in [-0.1, -0.05) is 0 Å². The Kier molecular flexibility index (Phi) is 3.56. The van der Waals surface area contributed by atoms with E-state index in [1.807, 2.05) is 4.98 Å². The van der Waals surface area contributed by atoms with Gasteiger partial charge in [-0.25, -0.2) is 4.79 Å². The molecule has 0 spiro atoms. The third kappa shape index (κ3) is 2.21. The number of hydrogen-bond acceptors (Lipinski definition) is 4. The fourth-order valence-electron chi connectivity index (χ4n) is 1.17. The van der Waals surface area contributed by atoms with Gasteiger partial charge in [-0.2, -0.15) is 0 Å². The number of nitrogens with zero attached hydrogens (tertiary/aromatic N) is 1. The van der Waals surface area contributed by atoms with E-state index in [1.165, 1.54) is 11.5 Å². The summed E-state index contributed by atoms with van der Waals surface area (Å²) in [6.45, 7) is 3.78. The predicted molar refractivity (Wildman–Crippen MR) is 53.1 cm³/mol. The lowest BCUT2D eigenvalue weighted by molar-refractivity contribution is 0.0824. The van der Waals surface area contributed by atoms with E-state index < -0.39 is 11.2 Å². The lowest BCUT2D eigenvalue weighted by Gasteiger charge is -2.09. The lowest BCUT2D eigenvalue weighted by atomic mass is 10.2. The van der Waals surface area contributed by atoms with Crippen LogP contribution in [0.2, 0.25) is 0 Å². The van der Waals surface area contributed by atoms with E-state index in [0.717, 1.165) is 0 Å². The number of carbonyl (C=O) groups is 1. The van der Waals surface area contributed by atoms with Gasteiger partial charge in [-0.3, -0.25) is 19.1 Å². The summed E-state index contributed by atoms with van der Waals surface area (Å²) in [5.74, 6) is 0. The third-order valence-electron chi connectivity index (χ3n) is 2.05. The summed E-state index contributed by atoms with van der Waals surface area (Å²) < 4.78 is 6.25. The molecule has 6 nitrogen and oxygen atoms in total. The Morgan fingerprint density at radius 1 is 1.47 bits per heavy atom. The number of nitrogens with one attached hydrogen (secondary N) is 1. The Bertz CT molecular complexity index is 472. The molecule has 1 aromatic rings. The van der Waals surface area contributed by atoms with Crippen molar-refractivity contribution in [3.8, 4) is 0 Å². The molecule has 0 aliphatic heterocycles. The van der Waals surface area contributed by atoms with Crippen molar-refractivity contribution in [2.45, 2.75) is 20.6 Å². The van der Waals surface area contributed by atoms with Gasteiger partial charge in [0.25, 0.3) is 5.56 Å². The first kappa shape index (κ1) is 11.4. The fraction of sp³-hybridized carbons (Fsp3) is 0.444. The van der Waals surface area contributed by atoms with Crippen molar-refractivity contribution >= 4 is 6.29 Å². The smallest absolute Gasteiger partial charge is 0.330 e. The van der Waals surface area contributed by atoms with Gasteiger partial charge in [0, 0.05) is 12.3 Å². The number of hydrogen-bond donors (Lipinski definition) is 1. The van der Waals surface area contributed by atoms with Crippen LogP contribution in [0.15, 0.2) is 9.59 Å². The standard InChI is InChI=1S/C9H12N2O4/c1-3-15-5-11-6(2)7(4-12)8(13)10-9(11)14/h4H,3,5H2,1-2H3,(H,10,13,14). The van der Waals surface area contributed by atoms with E-state index in [2.05, 4.69) is 0 Å². The van der Waals surface area contributed by atoms with Crippen LogP contribution in [0.3, 0.4) is 0 Å². The van der Waals surface area contributed by atoms with Crippen LogP contribution >= 0.6 is 0 Å². The zero-order valence-electron chi connectivity index (χ0n) is 8.57. The monoisotopic (exact) mass is 212 g/mol. The van der Waals surface area contributed by atoms with E-state index in [9.17, 15) is 14.4 Å². The quantitative estimate of drug-likeness (QED) is 0.692. The number of rotatable bonds is 4. The van der Waals surface area contributed by atoms with Gasteiger partial charge >= 0.3 is 5.69 Å². The second kappa shape index (κ2) is 4.70. The molecule has 82 valence electrons. The maximum atomic E-state index is 11.3. The second-order valence-electron chi connectivity index (χ2n) is 2.93. The highest BCUT2D eigenvalue weighted by molar-refractivity contribution is 5.75. The maximum absolute atomic E-state index is 11.3. The average molecular weight is 212 g/mol. The molecule has 0 atom stereocenters. The SMILES string of the molecule is CCOCn1c(C)c(C=O)c(=O)[nH]c1=O. The maximum Gasteiger partial charge on any atom is 0.330 e. The molecule has 0 saturated carbocycles. The van der Waals surface area contributed by atoms with Crippen molar-refractivity contribution in [2.75, 3.05) is 6.61 Å². The van der Waals surface area contributed by atoms with Crippen LogP contribution in [0.25, 0.3) is 0 Å². The minimum Gasteiger partial charge on any atom is -0.361 e. The predicted octanol–water partition coefficient (Wildman–Crippen LogP) is -0.348. The summed E-state index contributed by atoms with van der Waals surface area (Å²) in [5.41, 5.74) is -0.974. The van der Waals surface area contributed by atoms with E-state index in [1.54, 1.807) is 6.92 Å². The first-order valence-corrected chi connectivity index (χ1v) is 4.48. The van der Waals surface area contributed by atoms with E-state index in [-0.39, 0.29) is 12.3 Å². The van der Waals surface area contributed by atoms with Gasteiger partial charge in [0.15, 0.2) is 6.29 Å². The molecular formula is C9H12N2O4. The van der Waals surface area contributed by atoms with Gasteiger partial charge in [0.05, 0.1) is 5.56 Å². The van der Waals surface area contributed by atoms with E-state index >= 15 is 0 Å². The summed E-state index contributed by atoms with van der Waals surface area (Å²) in [7, 11) is 0. The molecule has 15 heavy (non-hydrogen) atoms. The molecule has 0 aliphatic rings. The first-order valence-electron chi connectivity index (χ1n) is 4.48. The van der Waals surface area contributed by atoms with E-state index in [4.69, 9.17) is 4.74 Å². The second-order valence-corrected chi connectivity index (χ2v) is 2.93. The van der Waals surface area contributed by atoms with Crippen molar-refractivity contribution in [1.82, 2.24) is 9.55 Å². The highest BCUT2D eigenvalue weighted by Crippen LogP contribution is 1.96. The fourth-order valence-corrected chi connectivity index (χ4v) is 1.17. The minimum atomic E-state index is -0.666. The molecule has 1 N–H and O–H groups in total. The van der Waals surface area contributed by atoms with Gasteiger partial charge in [-0.05, 0) is 13.8 Å². The van der Waals surface area contributed by atoms with Crippen LogP contribution < -0.4 is 11.2 Å². The number of aromatic amines is 1. The van der Waals surface area contributed by atoms with Crippen LogP contribution in [-0.4, -0.2) is 22.4 Å². The Morgan fingerprint density at radius 2 is 2.13 bits per heavy atom. The van der Waals surface area contributed by atoms with Gasteiger partial charge in [-0.15, -0.1) is 0 Å². The summed E-state index contributed by atoms with van der Waals surface area (Å²) >= 11 is 0. The number of H-pyrrole nitrogens is 1. The number of aromatic nitrogens is 2. The zero-order valence-corrected chi connectivity index (χ0v) is 8.57. The van der Waals surface area contributed by atoms with Crippen LogP contribution in [0.5, 0.6) is 0 Å². The molecule has 6 heteroatoms. The van der Waals surface area contributed by atoms with E-state index in [0.29, 0.717) is 18.6 Å². The largest absolute Gasteiger partial charge is 0.361 e. The van der Waals surface area contributed by atoms with Crippen LogP contribution in [0, 0.1) is 6.92 Å². The van der Waals surface area contributed by atoms with Crippen LogP contribution in [0.4, 0.5) is 0 Å². The summed E-state index contributed by atoms with van der Waals surface area (Å²) in [6.07, 6.45) is 0.427. The molecule has 1 rings (SSSR count). The van der Waals surface area contributed by atoms with Crippen molar-refractivity contribution in [2.24, 2.45) is 0 Å². The normalized spacial score (nSPS) is 10.3. The zero-order chi connectivity index (χ0) is 11.4. The van der Waals surface area contributed by atoms with Crippen molar-refractivity contribution in [1.29, 1.82) is 0 Å². The molecule has 0 radical (unpaired) electrons. The van der Waals surface area contributed by atoms with Gasteiger partial charge in [0.2, 0.25) is 0 Å². The Labute approximate surface area is 85.5 Å². The van der Waals surface area contributed by atoms with Gasteiger partial charge in [0.1, 0.15) is 6.73 Å². The Hall–Kier alpha value is -1.69. The summed E-state index contributed by atoms with van der Waals surface area (Å²) in [4.78, 5) is 35.2. The number of aldehydes is 1. The highest BCUT2D eigenvalue weighted by atomic mass is 16.5. The molecule has 1 aromatic heterocycles. The van der Waals surface area contributed by atoms with Crippen molar-refractivity contribution in [3.63, 3.8) is 0 Å². The molecule has 0 saturated heterocycles. The molecule has 0 aromatic carbocycles. The Balaban J connectivity index is 3.32. The molecule has 1 heterocycles. The van der Waals surface area contributed by atoms with Crippen LogP contribution in [0.1, 0.15) is 23.0 Å². The van der Waals surface area contributed by atoms with Crippen molar-refractivity contribution < 1.29 is 9.53 Å². The lowest BCUT2D eigenvalue weighted by Crippen LogP contribution is -2.35. The Morgan fingerprint density at radius 3 is 2.67 bits per heavy atom. The minimum absolute atomic E-state index is 0.0266. The molecule has 0 amide bonds. The average Bonchev–Trinajstić information content (AvgIpc) is 2.17. The molecule has 0 unspecified atom stereocenters. The van der Waals surface area contributed by atoms with Gasteiger partial charge < -0.3 is 4.74 Å². The molecule has 0 fully saturated rings. The molecule has 0 aliphatic carbocycles. The van der Waals surface area contributed by atoms with Crippen LogP contribution in [-0.2, 0) is 11.5 Å². The summed E-state index contributed by atoms with van der Waals surface area (Å²) in [5, 5.41) is 0. The third-order valence-corrected chi connectivity index (χ3v) is 2.05. The van der Waals surface area contributed by atoms with Crippen molar-refractivity contribution in [3.05, 3.63) is 32.1 Å².